The van der Waals surface area contributed by atoms with Gasteiger partial charge in [0.2, 0.25) is 0 Å². The molecule has 0 aromatic heterocycles. The molecule has 0 saturated carbocycles. The van der Waals surface area contributed by atoms with Gasteiger partial charge in [-0.3, -0.25) is 0 Å². The molecule has 1 rings (SSSR count). The van der Waals surface area contributed by atoms with E-state index in [1.165, 1.54) is 12.1 Å². The Morgan fingerprint density at radius 1 is 1.38 bits per heavy atom. The molecule has 4 nitrogen and oxygen atoms in total. The van der Waals surface area contributed by atoms with E-state index < -0.39 is 5.97 Å². The van der Waals surface area contributed by atoms with Crippen molar-refractivity contribution in [3.63, 3.8) is 0 Å². The van der Waals surface area contributed by atoms with Crippen LogP contribution in [0.25, 0.3) is 0 Å². The van der Waals surface area contributed by atoms with Crippen molar-refractivity contribution in [2.24, 2.45) is 0 Å². The summed E-state index contributed by atoms with van der Waals surface area (Å²) in [5.41, 5.74) is 0.636. The number of benzene rings is 1. The molecular weight excluding hydrogens is 197 g/mol. The molecule has 0 aliphatic rings. The Labute approximate surface area is 118 Å². The fourth-order valence-electron chi connectivity index (χ4n) is 0.754. The Balaban J connectivity index is 0.00000144. The number of aliphatic carboxylic acids is 1. The molecular formula is C8H8KNO3. The first kappa shape index (κ1) is 12.9. The summed E-state index contributed by atoms with van der Waals surface area (Å²) in [6, 6.07) is 6.10. The van der Waals surface area contributed by atoms with Crippen LogP contribution in [-0.4, -0.2) is 17.6 Å². The normalized spacial score (nSPS) is 8.62. The Morgan fingerprint density at radius 3 is 2.38 bits per heavy atom. The summed E-state index contributed by atoms with van der Waals surface area (Å²) < 4.78 is 0. The van der Waals surface area contributed by atoms with Crippen molar-refractivity contribution in [1.82, 2.24) is 0 Å². The van der Waals surface area contributed by atoms with Crippen LogP contribution in [0.2, 0.25) is 0 Å². The van der Waals surface area contributed by atoms with Crippen LogP contribution >= 0.6 is 0 Å². The molecule has 0 atom stereocenters. The third-order valence-corrected chi connectivity index (χ3v) is 1.30. The molecule has 0 fully saturated rings. The molecule has 0 spiro atoms. The summed E-state index contributed by atoms with van der Waals surface area (Å²) >= 11 is 0. The minimum absolute atomic E-state index is 0. The van der Waals surface area contributed by atoms with Crippen LogP contribution in [0.1, 0.15) is 0 Å². The number of anilines is 1. The largest absolute Gasteiger partial charge is 1.00 e. The second-order valence-corrected chi connectivity index (χ2v) is 2.27. The minimum atomic E-state index is -1.16. The number of carbonyl (C=O) groups excluding carboxylic acids is 1. The van der Waals surface area contributed by atoms with Gasteiger partial charge in [0.1, 0.15) is 5.75 Å². The average molecular weight is 205 g/mol. The van der Waals surface area contributed by atoms with Crippen LogP contribution in [0.4, 0.5) is 5.69 Å². The summed E-state index contributed by atoms with van der Waals surface area (Å²) in [6.07, 6.45) is 0. The van der Waals surface area contributed by atoms with Crippen LogP contribution in [0.15, 0.2) is 24.3 Å². The van der Waals surface area contributed by atoms with Crippen molar-refractivity contribution in [2.75, 3.05) is 11.9 Å². The van der Waals surface area contributed by atoms with Gasteiger partial charge >= 0.3 is 51.4 Å². The van der Waals surface area contributed by atoms with Gasteiger partial charge in [-0.1, -0.05) is 0 Å². The fraction of sp³-hybridized carbons (Fsp3) is 0.125. The topological polar surface area (TPSA) is 72.4 Å². The Kier molecular flexibility index (Phi) is 6.35. The number of carbonyl (C=O) groups is 1. The number of nitrogens with one attached hydrogen (secondary N) is 1. The van der Waals surface area contributed by atoms with Gasteiger partial charge in [0.15, 0.2) is 0 Å². The standard InChI is InChI=1S/C8H9NO3.K/c10-7-3-1-6(2-4-7)9-5-8(11)12;/h1-4,9-10H,5H2,(H,11,12);/q;+1/p-1. The monoisotopic (exact) mass is 205 g/mol. The number of rotatable bonds is 3. The molecule has 0 saturated heterocycles. The molecule has 0 aliphatic heterocycles. The number of hydrogen-bond donors (Lipinski definition) is 2. The number of carboxylic acids is 1. The van der Waals surface area contributed by atoms with E-state index >= 15 is 0 Å². The smallest absolute Gasteiger partial charge is 0.548 e. The number of aromatic hydroxyl groups is 1. The number of carboxylic acid groups (broad SMARTS) is 1. The molecule has 0 bridgehead atoms. The first-order valence-corrected chi connectivity index (χ1v) is 3.41. The summed E-state index contributed by atoms with van der Waals surface area (Å²) in [4.78, 5) is 10.0. The van der Waals surface area contributed by atoms with E-state index in [2.05, 4.69) is 5.32 Å². The van der Waals surface area contributed by atoms with E-state index in [9.17, 15) is 9.90 Å². The summed E-state index contributed by atoms with van der Waals surface area (Å²) in [5, 5.41) is 21.5. The molecule has 0 amide bonds. The molecule has 13 heavy (non-hydrogen) atoms. The third-order valence-electron chi connectivity index (χ3n) is 1.30. The fourth-order valence-corrected chi connectivity index (χ4v) is 0.754. The third kappa shape index (κ3) is 5.27. The predicted molar refractivity (Wildman–Crippen MR) is 41.6 cm³/mol. The van der Waals surface area contributed by atoms with Gasteiger partial charge in [-0.25, -0.2) is 0 Å². The van der Waals surface area contributed by atoms with Crippen LogP contribution in [-0.2, 0) is 4.79 Å². The molecule has 0 aliphatic carbocycles. The van der Waals surface area contributed by atoms with Gasteiger partial charge in [0.25, 0.3) is 0 Å². The summed E-state index contributed by atoms with van der Waals surface area (Å²) in [6.45, 7) is -0.231. The van der Waals surface area contributed by atoms with Gasteiger partial charge < -0.3 is 20.3 Å². The van der Waals surface area contributed by atoms with Gasteiger partial charge in [-0.15, -0.1) is 0 Å². The maximum atomic E-state index is 10.0. The predicted octanol–water partition coefficient (Wildman–Crippen LogP) is -3.44. The van der Waals surface area contributed by atoms with Gasteiger partial charge in [-0.2, -0.15) is 0 Å². The molecule has 1 aromatic carbocycles. The molecule has 5 heteroatoms. The summed E-state index contributed by atoms with van der Waals surface area (Å²) in [5.74, 6) is -1.02. The Hall–Kier alpha value is -0.0736. The van der Waals surface area contributed by atoms with Crippen molar-refractivity contribution in [3.8, 4) is 5.75 Å². The summed E-state index contributed by atoms with van der Waals surface area (Å²) in [7, 11) is 0. The van der Waals surface area contributed by atoms with E-state index in [4.69, 9.17) is 5.11 Å². The van der Waals surface area contributed by atoms with Crippen molar-refractivity contribution in [1.29, 1.82) is 0 Å². The second-order valence-electron chi connectivity index (χ2n) is 2.27. The van der Waals surface area contributed by atoms with Crippen molar-refractivity contribution < 1.29 is 66.4 Å². The first-order valence-electron chi connectivity index (χ1n) is 3.41. The van der Waals surface area contributed by atoms with E-state index in [1.54, 1.807) is 12.1 Å². The number of hydrogen-bond acceptors (Lipinski definition) is 4. The molecule has 0 unspecified atom stereocenters. The Bertz CT molecular complexity index is 273. The van der Waals surface area contributed by atoms with Crippen LogP contribution in [0, 0.1) is 0 Å². The van der Waals surface area contributed by atoms with E-state index in [0.29, 0.717) is 5.69 Å². The second kappa shape index (κ2) is 6.39. The quantitative estimate of drug-likeness (QED) is 0.398. The van der Waals surface area contributed by atoms with Crippen LogP contribution < -0.4 is 61.8 Å². The van der Waals surface area contributed by atoms with Gasteiger partial charge in [-0.05, 0) is 24.3 Å². The van der Waals surface area contributed by atoms with Crippen molar-refractivity contribution >= 4 is 11.7 Å². The maximum Gasteiger partial charge on any atom is 1.00 e. The molecule has 1 aromatic rings. The number of phenolic OH excluding ortho intramolecular Hbond substituents is 1. The minimum Gasteiger partial charge on any atom is -0.548 e. The molecule has 2 N–H and O–H groups in total. The number of phenols is 1. The Morgan fingerprint density at radius 2 is 1.92 bits per heavy atom. The molecule has 0 radical (unpaired) electrons. The average Bonchev–Trinajstić information content (AvgIpc) is 2.03. The zero-order chi connectivity index (χ0) is 8.97. The molecule has 64 valence electrons. The van der Waals surface area contributed by atoms with E-state index in [0.717, 1.165) is 0 Å². The molecule has 0 heterocycles. The van der Waals surface area contributed by atoms with Crippen molar-refractivity contribution in [2.45, 2.75) is 0 Å². The zero-order valence-electron chi connectivity index (χ0n) is 7.28. The van der Waals surface area contributed by atoms with E-state index in [1.807, 2.05) is 0 Å². The first-order chi connectivity index (χ1) is 5.68. The SMILES string of the molecule is O=C([O-])CNc1ccc(O)cc1.[K+]. The van der Waals surface area contributed by atoms with Crippen LogP contribution in [0.5, 0.6) is 5.75 Å². The van der Waals surface area contributed by atoms with Gasteiger partial charge in [0.05, 0.1) is 12.5 Å². The van der Waals surface area contributed by atoms with Crippen molar-refractivity contribution in [3.05, 3.63) is 24.3 Å². The van der Waals surface area contributed by atoms with Crippen LogP contribution in [0.3, 0.4) is 0 Å². The maximum absolute atomic E-state index is 10.0. The van der Waals surface area contributed by atoms with E-state index in [-0.39, 0.29) is 63.7 Å². The van der Waals surface area contributed by atoms with Gasteiger partial charge in [0, 0.05) is 5.69 Å². The zero-order valence-corrected chi connectivity index (χ0v) is 10.4.